The Morgan fingerprint density at radius 2 is 2.20 bits per heavy atom. The fraction of sp³-hybridized carbons (Fsp3) is 0.500. The van der Waals surface area contributed by atoms with Crippen LogP contribution in [0.5, 0.6) is 0 Å². The number of fused-ring (bicyclic) bond motifs is 1. The first-order valence-electron chi connectivity index (χ1n) is 7.08. The molecule has 0 aliphatic heterocycles. The van der Waals surface area contributed by atoms with Crippen molar-refractivity contribution in [3.05, 3.63) is 35.5 Å². The minimum atomic E-state index is 0.262. The monoisotopic (exact) mass is 271 g/mol. The van der Waals surface area contributed by atoms with Crippen LogP contribution in [-0.4, -0.2) is 17.0 Å². The summed E-state index contributed by atoms with van der Waals surface area (Å²) < 4.78 is 5.35. The van der Waals surface area contributed by atoms with Gasteiger partial charge in [0.05, 0.1) is 11.8 Å². The fourth-order valence-corrected chi connectivity index (χ4v) is 3.05. The second-order valence-electron chi connectivity index (χ2n) is 6.37. The summed E-state index contributed by atoms with van der Waals surface area (Å²) in [5.41, 5.74) is 3.64. The minimum Gasteiger partial charge on any atom is -0.469 e. The third kappa shape index (κ3) is 2.24. The summed E-state index contributed by atoms with van der Waals surface area (Å²) in [5, 5.41) is 3.38. The molecule has 0 amide bonds. The van der Waals surface area contributed by atoms with Gasteiger partial charge in [-0.3, -0.25) is 0 Å². The van der Waals surface area contributed by atoms with E-state index in [4.69, 9.17) is 9.40 Å². The number of hydrogen-bond donors (Lipinski definition) is 1. The van der Waals surface area contributed by atoms with E-state index < -0.39 is 0 Å². The van der Waals surface area contributed by atoms with Crippen LogP contribution in [0.2, 0.25) is 0 Å². The van der Waals surface area contributed by atoms with Gasteiger partial charge in [-0.25, -0.2) is 9.97 Å². The first-order chi connectivity index (χ1) is 9.50. The molecule has 0 saturated heterocycles. The van der Waals surface area contributed by atoms with Crippen molar-refractivity contribution in [3.8, 4) is 11.4 Å². The van der Waals surface area contributed by atoms with Gasteiger partial charge in [0.25, 0.3) is 0 Å². The average molecular weight is 271 g/mol. The number of hydrogen-bond acceptors (Lipinski definition) is 4. The zero-order chi connectivity index (χ0) is 14.3. The predicted octanol–water partition coefficient (Wildman–Crippen LogP) is 3.28. The van der Waals surface area contributed by atoms with Crippen LogP contribution in [0.15, 0.2) is 22.9 Å². The summed E-state index contributed by atoms with van der Waals surface area (Å²) in [4.78, 5) is 9.33. The number of aryl methyl sites for hydroxylation is 1. The van der Waals surface area contributed by atoms with Crippen molar-refractivity contribution in [1.29, 1.82) is 0 Å². The molecule has 2 aromatic rings. The second kappa shape index (κ2) is 4.70. The smallest absolute Gasteiger partial charge is 0.162 e. The molecule has 2 heterocycles. The van der Waals surface area contributed by atoms with Crippen LogP contribution >= 0.6 is 0 Å². The van der Waals surface area contributed by atoms with E-state index in [1.165, 1.54) is 5.56 Å². The van der Waals surface area contributed by atoms with Crippen molar-refractivity contribution >= 4 is 0 Å². The summed E-state index contributed by atoms with van der Waals surface area (Å²) in [6, 6.07) is 2.27. The molecule has 2 aromatic heterocycles. The number of nitrogens with one attached hydrogen (secondary N) is 1. The van der Waals surface area contributed by atoms with Gasteiger partial charge in [0.1, 0.15) is 5.76 Å². The largest absolute Gasteiger partial charge is 0.469 e. The molecule has 0 saturated carbocycles. The van der Waals surface area contributed by atoms with E-state index in [2.05, 4.69) is 24.1 Å². The molecule has 0 radical (unpaired) electrons. The Morgan fingerprint density at radius 3 is 2.85 bits per heavy atom. The number of aromatic nitrogens is 2. The zero-order valence-electron chi connectivity index (χ0n) is 12.5. The standard InChI is InChI=1S/C16H21N3O/c1-10-11(5-6-20-10)15-18-9-12-13(17-4)7-16(2,3)8-14(12)19-15/h5-6,9,13,17H,7-8H2,1-4H3. The molecule has 4 nitrogen and oxygen atoms in total. The lowest BCUT2D eigenvalue weighted by Gasteiger charge is -2.36. The molecule has 20 heavy (non-hydrogen) atoms. The van der Waals surface area contributed by atoms with Crippen LogP contribution in [0, 0.1) is 12.3 Å². The Balaban J connectivity index is 2.06. The maximum atomic E-state index is 5.35. The molecule has 1 aliphatic rings. The first-order valence-corrected chi connectivity index (χ1v) is 7.08. The van der Waals surface area contributed by atoms with Gasteiger partial charge in [-0.2, -0.15) is 0 Å². The Labute approximate surface area is 119 Å². The molecular weight excluding hydrogens is 250 g/mol. The van der Waals surface area contributed by atoms with Crippen molar-refractivity contribution in [2.75, 3.05) is 7.05 Å². The summed E-state index contributed by atoms with van der Waals surface area (Å²) in [5.74, 6) is 1.63. The zero-order valence-corrected chi connectivity index (χ0v) is 12.5. The lowest BCUT2D eigenvalue weighted by atomic mass is 9.74. The number of nitrogens with zero attached hydrogens (tertiary/aromatic N) is 2. The number of rotatable bonds is 2. The second-order valence-corrected chi connectivity index (χ2v) is 6.37. The highest BCUT2D eigenvalue weighted by atomic mass is 16.3. The van der Waals surface area contributed by atoms with Crippen LogP contribution in [0.3, 0.4) is 0 Å². The van der Waals surface area contributed by atoms with Gasteiger partial charge >= 0.3 is 0 Å². The minimum absolute atomic E-state index is 0.262. The lowest BCUT2D eigenvalue weighted by Crippen LogP contribution is -2.32. The van der Waals surface area contributed by atoms with Gasteiger partial charge in [0, 0.05) is 23.5 Å². The van der Waals surface area contributed by atoms with Gasteiger partial charge in [-0.1, -0.05) is 13.8 Å². The van der Waals surface area contributed by atoms with Gasteiger partial charge < -0.3 is 9.73 Å². The summed E-state index contributed by atoms with van der Waals surface area (Å²) in [7, 11) is 2.00. The third-order valence-electron chi connectivity index (χ3n) is 4.13. The van der Waals surface area contributed by atoms with Gasteiger partial charge in [0.15, 0.2) is 5.82 Å². The van der Waals surface area contributed by atoms with Gasteiger partial charge in [-0.15, -0.1) is 0 Å². The maximum absolute atomic E-state index is 5.35. The van der Waals surface area contributed by atoms with E-state index in [-0.39, 0.29) is 5.41 Å². The topological polar surface area (TPSA) is 51.0 Å². The molecule has 1 aliphatic carbocycles. The quantitative estimate of drug-likeness (QED) is 0.910. The van der Waals surface area contributed by atoms with Crippen LogP contribution in [0.1, 0.15) is 43.3 Å². The SMILES string of the molecule is CNC1CC(C)(C)Cc2nc(-c3ccoc3C)ncc21. The van der Waals surface area contributed by atoms with Crippen molar-refractivity contribution in [1.82, 2.24) is 15.3 Å². The molecule has 0 bridgehead atoms. The van der Waals surface area contributed by atoms with Crippen LogP contribution in [0.4, 0.5) is 0 Å². The van der Waals surface area contributed by atoms with E-state index in [9.17, 15) is 0 Å². The third-order valence-corrected chi connectivity index (χ3v) is 4.13. The van der Waals surface area contributed by atoms with E-state index in [0.717, 1.165) is 35.7 Å². The highest BCUT2D eigenvalue weighted by Crippen LogP contribution is 2.40. The number of furan rings is 1. The molecule has 0 aromatic carbocycles. The highest BCUT2D eigenvalue weighted by Gasteiger charge is 2.33. The normalized spacial score (nSPS) is 20.7. The Hall–Kier alpha value is -1.68. The average Bonchev–Trinajstić information content (AvgIpc) is 2.82. The molecule has 1 atom stereocenters. The van der Waals surface area contributed by atoms with Gasteiger partial charge in [0.2, 0.25) is 0 Å². The van der Waals surface area contributed by atoms with E-state index >= 15 is 0 Å². The molecule has 3 rings (SSSR count). The van der Waals surface area contributed by atoms with Crippen LogP contribution < -0.4 is 5.32 Å². The Morgan fingerprint density at radius 1 is 1.40 bits per heavy atom. The first kappa shape index (κ1) is 13.3. The van der Waals surface area contributed by atoms with Crippen molar-refractivity contribution in [2.45, 2.75) is 39.7 Å². The van der Waals surface area contributed by atoms with Crippen LogP contribution in [-0.2, 0) is 6.42 Å². The fourth-order valence-electron chi connectivity index (χ4n) is 3.05. The highest BCUT2D eigenvalue weighted by molar-refractivity contribution is 5.57. The van der Waals surface area contributed by atoms with E-state index in [1.807, 2.05) is 26.2 Å². The van der Waals surface area contributed by atoms with Crippen LogP contribution in [0.25, 0.3) is 11.4 Å². The lowest BCUT2D eigenvalue weighted by molar-refractivity contribution is 0.260. The molecule has 4 heteroatoms. The molecule has 106 valence electrons. The van der Waals surface area contributed by atoms with Gasteiger partial charge in [-0.05, 0) is 38.3 Å². The molecule has 0 fully saturated rings. The summed E-state index contributed by atoms with van der Waals surface area (Å²) in [6.07, 6.45) is 5.77. The van der Waals surface area contributed by atoms with Crippen molar-refractivity contribution < 1.29 is 4.42 Å². The predicted molar refractivity (Wildman–Crippen MR) is 78.4 cm³/mol. The maximum Gasteiger partial charge on any atom is 0.162 e. The van der Waals surface area contributed by atoms with Crippen molar-refractivity contribution in [2.24, 2.45) is 5.41 Å². The van der Waals surface area contributed by atoms with E-state index in [1.54, 1.807) is 6.26 Å². The molecular formula is C16H21N3O. The van der Waals surface area contributed by atoms with Crippen molar-refractivity contribution in [3.63, 3.8) is 0 Å². The Bertz CT molecular complexity index is 630. The summed E-state index contributed by atoms with van der Waals surface area (Å²) in [6.45, 7) is 6.54. The summed E-state index contributed by atoms with van der Waals surface area (Å²) >= 11 is 0. The molecule has 0 spiro atoms. The van der Waals surface area contributed by atoms with E-state index in [0.29, 0.717) is 6.04 Å². The molecule has 1 unspecified atom stereocenters. The Kier molecular flexibility index (Phi) is 3.13. The molecule has 1 N–H and O–H groups in total.